The average molecular weight is 241 g/mol. The van der Waals surface area contributed by atoms with Gasteiger partial charge in [0.1, 0.15) is 6.04 Å². The molecule has 1 heterocycles. The highest BCUT2D eigenvalue weighted by Gasteiger charge is 2.22. The average Bonchev–Trinajstić information content (AvgIpc) is 2.34. The Labute approximate surface area is 101 Å². The molecule has 1 aliphatic heterocycles. The van der Waals surface area contributed by atoms with Crippen molar-refractivity contribution in [2.45, 2.75) is 12.5 Å². The van der Waals surface area contributed by atoms with Gasteiger partial charge in [0.15, 0.2) is 0 Å². The molecule has 0 aromatic heterocycles. The summed E-state index contributed by atoms with van der Waals surface area (Å²) in [7, 11) is 0. The zero-order chi connectivity index (χ0) is 12.5. The molecule has 1 rings (SSSR count). The number of amides is 2. The van der Waals surface area contributed by atoms with Crippen molar-refractivity contribution in [2.24, 2.45) is 0 Å². The van der Waals surface area contributed by atoms with Crippen LogP contribution in [-0.2, 0) is 14.3 Å². The lowest BCUT2D eigenvalue weighted by molar-refractivity contribution is -0.126. The molecule has 0 aromatic carbocycles. The first kappa shape index (κ1) is 13.7. The fraction of sp³-hybridized carbons (Fsp3) is 0.636. The maximum atomic E-state index is 11.6. The van der Waals surface area contributed by atoms with Crippen LogP contribution in [0.2, 0.25) is 0 Å². The maximum absolute atomic E-state index is 11.6. The molecule has 0 aromatic rings. The van der Waals surface area contributed by atoms with E-state index in [2.05, 4.69) is 22.5 Å². The molecular formula is C11H19N3O3. The minimum atomic E-state index is -0.346. The third-order valence-electron chi connectivity index (χ3n) is 2.34. The van der Waals surface area contributed by atoms with Crippen molar-refractivity contribution in [2.75, 3.05) is 32.8 Å². The predicted octanol–water partition coefficient (Wildman–Crippen LogP) is -1.22. The molecule has 1 aliphatic rings. The zero-order valence-electron chi connectivity index (χ0n) is 9.83. The van der Waals surface area contributed by atoms with Crippen molar-refractivity contribution < 1.29 is 14.3 Å². The Bertz CT molecular complexity index is 271. The minimum Gasteiger partial charge on any atom is -0.379 e. The lowest BCUT2D eigenvalue weighted by Gasteiger charge is -2.23. The summed E-state index contributed by atoms with van der Waals surface area (Å²) in [4.78, 5) is 22.5. The summed E-state index contributed by atoms with van der Waals surface area (Å²) in [5, 5.41) is 8.22. The van der Waals surface area contributed by atoms with Crippen molar-refractivity contribution >= 4 is 11.8 Å². The molecule has 2 amide bonds. The molecule has 1 fully saturated rings. The fourth-order valence-corrected chi connectivity index (χ4v) is 1.39. The second-order valence-corrected chi connectivity index (χ2v) is 3.72. The minimum absolute atomic E-state index is 0.0817. The second-order valence-electron chi connectivity index (χ2n) is 3.72. The van der Waals surface area contributed by atoms with Crippen LogP contribution in [0.5, 0.6) is 0 Å². The summed E-state index contributed by atoms with van der Waals surface area (Å²) >= 11 is 0. The van der Waals surface area contributed by atoms with E-state index in [1.807, 2.05) is 0 Å². The summed E-state index contributed by atoms with van der Waals surface area (Å²) in [5.41, 5.74) is 0. The van der Waals surface area contributed by atoms with Gasteiger partial charge in [0, 0.05) is 13.1 Å². The van der Waals surface area contributed by atoms with Gasteiger partial charge in [-0.05, 0) is 6.42 Å². The first-order valence-electron chi connectivity index (χ1n) is 5.70. The monoisotopic (exact) mass is 241 g/mol. The van der Waals surface area contributed by atoms with E-state index in [0.717, 1.165) is 6.42 Å². The molecule has 1 unspecified atom stereocenters. The summed E-state index contributed by atoms with van der Waals surface area (Å²) in [5.74, 6) is -0.195. The summed E-state index contributed by atoms with van der Waals surface area (Å²) < 4.78 is 5.25. The van der Waals surface area contributed by atoms with Gasteiger partial charge < -0.3 is 15.4 Å². The smallest absolute Gasteiger partial charge is 0.239 e. The fourth-order valence-electron chi connectivity index (χ4n) is 1.39. The van der Waals surface area contributed by atoms with Gasteiger partial charge in [0.25, 0.3) is 0 Å². The third kappa shape index (κ3) is 5.46. The van der Waals surface area contributed by atoms with Crippen molar-refractivity contribution in [1.29, 1.82) is 0 Å². The van der Waals surface area contributed by atoms with Gasteiger partial charge in [0.05, 0.1) is 19.8 Å². The number of carbonyl (C=O) groups excluding carboxylic acids is 2. The van der Waals surface area contributed by atoms with Crippen LogP contribution < -0.4 is 16.0 Å². The largest absolute Gasteiger partial charge is 0.379 e. The normalized spacial score (nSPS) is 19.5. The van der Waals surface area contributed by atoms with Crippen LogP contribution in [0.15, 0.2) is 12.7 Å². The van der Waals surface area contributed by atoms with Gasteiger partial charge in [-0.2, -0.15) is 0 Å². The molecule has 6 heteroatoms. The van der Waals surface area contributed by atoms with E-state index in [0.29, 0.717) is 26.3 Å². The predicted molar refractivity (Wildman–Crippen MR) is 63.4 cm³/mol. The molecule has 0 bridgehead atoms. The van der Waals surface area contributed by atoms with Crippen LogP contribution in [0.3, 0.4) is 0 Å². The van der Waals surface area contributed by atoms with Gasteiger partial charge in [-0.15, -0.1) is 6.58 Å². The lowest BCUT2D eigenvalue weighted by atomic mass is 10.2. The number of nitrogens with one attached hydrogen (secondary N) is 3. The molecular weight excluding hydrogens is 222 g/mol. The van der Waals surface area contributed by atoms with Crippen molar-refractivity contribution in [3.05, 3.63) is 12.7 Å². The standard InChI is InChI=1S/C11H19N3O3/c1-2-3-5-17-6-4-12-11(16)9-7-14-10(15)8-13-9/h2,9,13H,1,3-8H2,(H,12,16)(H,14,15). The molecule has 96 valence electrons. The molecule has 0 radical (unpaired) electrons. The molecule has 0 aliphatic carbocycles. The van der Waals surface area contributed by atoms with E-state index in [-0.39, 0.29) is 24.4 Å². The number of carbonyl (C=O) groups is 2. The number of ether oxygens (including phenoxy) is 1. The molecule has 6 nitrogen and oxygen atoms in total. The zero-order valence-corrected chi connectivity index (χ0v) is 9.83. The summed E-state index contributed by atoms with van der Waals surface area (Å²) in [6.45, 7) is 5.69. The van der Waals surface area contributed by atoms with Gasteiger partial charge >= 0.3 is 0 Å². The molecule has 3 N–H and O–H groups in total. The van der Waals surface area contributed by atoms with Gasteiger partial charge in [-0.25, -0.2) is 0 Å². The number of rotatable bonds is 7. The van der Waals surface area contributed by atoms with E-state index in [1.165, 1.54) is 0 Å². The van der Waals surface area contributed by atoms with Crippen LogP contribution in [0, 0.1) is 0 Å². The molecule has 1 atom stereocenters. The molecule has 0 saturated carbocycles. The van der Waals surface area contributed by atoms with Gasteiger partial charge in [0.2, 0.25) is 11.8 Å². The van der Waals surface area contributed by atoms with Crippen molar-refractivity contribution in [3.8, 4) is 0 Å². The maximum Gasteiger partial charge on any atom is 0.239 e. The molecule has 0 spiro atoms. The Balaban J connectivity index is 2.04. The highest BCUT2D eigenvalue weighted by atomic mass is 16.5. The van der Waals surface area contributed by atoms with E-state index >= 15 is 0 Å². The Morgan fingerprint density at radius 3 is 3.06 bits per heavy atom. The Kier molecular flexibility index (Phi) is 6.27. The second kappa shape index (κ2) is 7.81. The van der Waals surface area contributed by atoms with Crippen LogP contribution >= 0.6 is 0 Å². The SMILES string of the molecule is C=CCCOCCNC(=O)C1CNC(=O)CN1. The van der Waals surface area contributed by atoms with E-state index in [4.69, 9.17) is 4.74 Å². The first-order valence-corrected chi connectivity index (χ1v) is 5.70. The van der Waals surface area contributed by atoms with Crippen molar-refractivity contribution in [3.63, 3.8) is 0 Å². The van der Waals surface area contributed by atoms with Crippen LogP contribution in [-0.4, -0.2) is 50.7 Å². The van der Waals surface area contributed by atoms with E-state index in [1.54, 1.807) is 6.08 Å². The Hall–Kier alpha value is -1.40. The van der Waals surface area contributed by atoms with Crippen LogP contribution in [0.4, 0.5) is 0 Å². The molecule has 17 heavy (non-hydrogen) atoms. The van der Waals surface area contributed by atoms with Crippen LogP contribution in [0.1, 0.15) is 6.42 Å². The number of hydrogen-bond donors (Lipinski definition) is 3. The van der Waals surface area contributed by atoms with E-state index in [9.17, 15) is 9.59 Å². The van der Waals surface area contributed by atoms with Gasteiger partial charge in [-0.1, -0.05) is 6.08 Å². The highest BCUT2D eigenvalue weighted by Crippen LogP contribution is 1.88. The lowest BCUT2D eigenvalue weighted by Crippen LogP contribution is -2.58. The van der Waals surface area contributed by atoms with Crippen molar-refractivity contribution in [1.82, 2.24) is 16.0 Å². The summed E-state index contributed by atoms with van der Waals surface area (Å²) in [6.07, 6.45) is 2.59. The number of hydrogen-bond acceptors (Lipinski definition) is 4. The summed E-state index contributed by atoms with van der Waals surface area (Å²) in [6, 6.07) is -0.346. The van der Waals surface area contributed by atoms with E-state index < -0.39 is 0 Å². The van der Waals surface area contributed by atoms with Gasteiger partial charge in [-0.3, -0.25) is 14.9 Å². The van der Waals surface area contributed by atoms with Crippen LogP contribution in [0.25, 0.3) is 0 Å². The Morgan fingerprint density at radius 2 is 2.41 bits per heavy atom. The third-order valence-corrected chi connectivity index (χ3v) is 2.34. The first-order chi connectivity index (χ1) is 8.24. The topological polar surface area (TPSA) is 79.5 Å². The highest BCUT2D eigenvalue weighted by molar-refractivity contribution is 5.86. The number of piperazine rings is 1. The quantitative estimate of drug-likeness (QED) is 0.386. The Morgan fingerprint density at radius 1 is 1.59 bits per heavy atom. The molecule has 1 saturated heterocycles.